The first-order valence-electron chi connectivity index (χ1n) is 6.12. The third-order valence-corrected chi connectivity index (χ3v) is 4.25. The number of H-pyrrole nitrogens is 2. The van der Waals surface area contributed by atoms with Crippen LogP contribution in [0.3, 0.4) is 0 Å². The van der Waals surface area contributed by atoms with Gasteiger partial charge in [0.2, 0.25) is 0 Å². The molecule has 0 atom stereocenters. The Morgan fingerprint density at radius 3 is 2.55 bits per heavy atom. The van der Waals surface area contributed by atoms with Crippen LogP contribution in [0.5, 0.6) is 0 Å². The van der Waals surface area contributed by atoms with Gasteiger partial charge in [0.1, 0.15) is 0 Å². The van der Waals surface area contributed by atoms with Crippen molar-refractivity contribution in [2.75, 3.05) is 0 Å². The second kappa shape index (κ2) is 5.19. The molecule has 2 aromatic heterocycles. The lowest BCUT2D eigenvalue weighted by atomic mass is 10.1. The molecule has 0 aliphatic heterocycles. The molecule has 0 saturated heterocycles. The molecule has 0 spiro atoms. The van der Waals surface area contributed by atoms with Crippen LogP contribution < -0.4 is 5.56 Å². The zero-order valence-electron chi connectivity index (χ0n) is 10.8. The summed E-state index contributed by atoms with van der Waals surface area (Å²) in [5, 5.41) is 2.03. The smallest absolute Gasteiger partial charge is 0.260 e. The molecule has 2 heterocycles. The van der Waals surface area contributed by atoms with Gasteiger partial charge >= 0.3 is 0 Å². The van der Waals surface area contributed by atoms with E-state index in [0.717, 1.165) is 21.7 Å². The zero-order valence-corrected chi connectivity index (χ0v) is 12.4. The van der Waals surface area contributed by atoms with Crippen LogP contribution in [0.2, 0.25) is 0 Å². The fourth-order valence-corrected chi connectivity index (χ4v) is 3.25. The van der Waals surface area contributed by atoms with Gasteiger partial charge in [-0.1, -0.05) is 30.3 Å². The Kier molecular flexibility index (Phi) is 3.38. The van der Waals surface area contributed by atoms with Crippen LogP contribution >= 0.6 is 23.6 Å². The molecule has 2 N–H and O–H groups in total. The van der Waals surface area contributed by atoms with Gasteiger partial charge in [-0.15, -0.1) is 11.3 Å². The summed E-state index contributed by atoms with van der Waals surface area (Å²) in [6.07, 6.45) is 0. The van der Waals surface area contributed by atoms with Gasteiger partial charge in [0.05, 0.1) is 11.3 Å². The fraction of sp³-hybridized carbons (Fsp3) is 0.0667. The topological polar surface area (TPSA) is 48.6 Å². The van der Waals surface area contributed by atoms with E-state index < -0.39 is 0 Å². The Hall–Kier alpha value is -1.98. The van der Waals surface area contributed by atoms with E-state index in [9.17, 15) is 4.79 Å². The Morgan fingerprint density at radius 2 is 1.90 bits per heavy atom. The summed E-state index contributed by atoms with van der Waals surface area (Å²) >= 11 is 6.65. The van der Waals surface area contributed by atoms with E-state index in [2.05, 4.69) is 9.97 Å². The Labute approximate surface area is 125 Å². The van der Waals surface area contributed by atoms with Gasteiger partial charge in [0.15, 0.2) is 4.77 Å². The lowest BCUT2D eigenvalue weighted by Crippen LogP contribution is -2.12. The van der Waals surface area contributed by atoms with E-state index in [1.165, 1.54) is 0 Å². The van der Waals surface area contributed by atoms with Gasteiger partial charge in [-0.2, -0.15) is 0 Å². The molecule has 0 bridgehead atoms. The summed E-state index contributed by atoms with van der Waals surface area (Å²) < 4.78 is 0.339. The summed E-state index contributed by atoms with van der Waals surface area (Å²) in [6, 6.07) is 11.8. The van der Waals surface area contributed by atoms with Crippen molar-refractivity contribution in [3.05, 3.63) is 62.5 Å². The minimum Gasteiger partial charge on any atom is -0.331 e. The molecule has 20 heavy (non-hydrogen) atoms. The average molecular weight is 300 g/mol. The van der Waals surface area contributed by atoms with E-state index in [1.54, 1.807) is 11.3 Å². The van der Waals surface area contributed by atoms with Crippen LogP contribution in [0.1, 0.15) is 5.56 Å². The second-order valence-corrected chi connectivity index (χ2v) is 5.83. The normalized spacial score (nSPS) is 10.7. The molecule has 0 unspecified atom stereocenters. The van der Waals surface area contributed by atoms with Crippen molar-refractivity contribution in [3.63, 3.8) is 0 Å². The number of aryl methyl sites for hydroxylation is 1. The van der Waals surface area contributed by atoms with E-state index in [-0.39, 0.29) is 5.56 Å². The fourth-order valence-electron chi connectivity index (χ4n) is 2.11. The standard InChI is InChI=1S/C15H12N2OS2/c1-9-7-11(20-8-9)12-13(10-5-3-2-4-6-10)16-15(19)17-14(12)18/h2-8H,1H3,(H2,16,17,18,19). The van der Waals surface area contributed by atoms with Crippen LogP contribution in [0.25, 0.3) is 21.7 Å². The third-order valence-electron chi connectivity index (χ3n) is 2.98. The predicted molar refractivity (Wildman–Crippen MR) is 85.7 cm³/mol. The molecule has 3 nitrogen and oxygen atoms in total. The van der Waals surface area contributed by atoms with Crippen LogP contribution in [-0.4, -0.2) is 9.97 Å². The molecule has 0 aliphatic rings. The summed E-state index contributed by atoms with van der Waals surface area (Å²) in [4.78, 5) is 19.0. The number of aromatic nitrogens is 2. The number of benzene rings is 1. The highest BCUT2D eigenvalue weighted by Crippen LogP contribution is 2.31. The van der Waals surface area contributed by atoms with Crippen molar-refractivity contribution in [2.45, 2.75) is 6.92 Å². The van der Waals surface area contributed by atoms with Crippen molar-refractivity contribution in [3.8, 4) is 21.7 Å². The van der Waals surface area contributed by atoms with Crippen LogP contribution in [0, 0.1) is 11.7 Å². The lowest BCUT2D eigenvalue weighted by Gasteiger charge is -2.07. The molecule has 5 heteroatoms. The largest absolute Gasteiger partial charge is 0.331 e. The molecular weight excluding hydrogens is 288 g/mol. The van der Waals surface area contributed by atoms with Crippen LogP contribution in [0.15, 0.2) is 46.6 Å². The second-order valence-electron chi connectivity index (χ2n) is 4.51. The van der Waals surface area contributed by atoms with E-state index in [0.29, 0.717) is 10.3 Å². The maximum absolute atomic E-state index is 12.3. The van der Waals surface area contributed by atoms with Crippen molar-refractivity contribution < 1.29 is 0 Å². The maximum Gasteiger partial charge on any atom is 0.260 e. The highest BCUT2D eigenvalue weighted by Gasteiger charge is 2.14. The number of nitrogens with one attached hydrogen (secondary N) is 2. The average Bonchev–Trinajstić information content (AvgIpc) is 2.85. The highest BCUT2D eigenvalue weighted by atomic mass is 32.1. The molecule has 0 amide bonds. The Morgan fingerprint density at radius 1 is 1.15 bits per heavy atom. The summed E-state index contributed by atoms with van der Waals surface area (Å²) in [5.41, 5.74) is 3.34. The predicted octanol–water partition coefficient (Wildman–Crippen LogP) is 4.14. The number of thiophene rings is 1. The first-order valence-corrected chi connectivity index (χ1v) is 7.41. The van der Waals surface area contributed by atoms with Crippen LogP contribution in [-0.2, 0) is 0 Å². The van der Waals surface area contributed by atoms with Crippen molar-refractivity contribution in [1.82, 2.24) is 9.97 Å². The van der Waals surface area contributed by atoms with Gasteiger partial charge in [-0.3, -0.25) is 9.78 Å². The summed E-state index contributed by atoms with van der Waals surface area (Å²) in [6.45, 7) is 2.02. The molecule has 3 aromatic rings. The Bertz CT molecular complexity index is 859. The molecular formula is C15H12N2OS2. The van der Waals surface area contributed by atoms with E-state index in [4.69, 9.17) is 12.2 Å². The molecule has 1 aromatic carbocycles. The SMILES string of the molecule is Cc1csc(-c2c(-c3ccccc3)[nH]c(=S)[nH]c2=O)c1. The molecule has 0 aliphatic carbocycles. The molecule has 0 saturated carbocycles. The van der Waals surface area contributed by atoms with Gasteiger partial charge in [0, 0.05) is 4.88 Å². The molecule has 100 valence electrons. The van der Waals surface area contributed by atoms with Crippen LogP contribution in [0.4, 0.5) is 0 Å². The third kappa shape index (κ3) is 2.37. The quantitative estimate of drug-likeness (QED) is 0.699. The summed E-state index contributed by atoms with van der Waals surface area (Å²) in [7, 11) is 0. The lowest BCUT2D eigenvalue weighted by molar-refractivity contribution is 1.10. The van der Waals surface area contributed by atoms with Gasteiger partial charge < -0.3 is 4.98 Å². The number of hydrogen-bond donors (Lipinski definition) is 2. The van der Waals surface area contributed by atoms with Gasteiger partial charge in [-0.05, 0) is 41.7 Å². The van der Waals surface area contributed by atoms with E-state index in [1.807, 2.05) is 48.7 Å². The van der Waals surface area contributed by atoms with Crippen molar-refractivity contribution in [2.24, 2.45) is 0 Å². The minimum atomic E-state index is -0.158. The highest BCUT2D eigenvalue weighted by molar-refractivity contribution is 7.71. The number of aromatic amines is 2. The van der Waals surface area contributed by atoms with Crippen molar-refractivity contribution in [1.29, 1.82) is 0 Å². The minimum absolute atomic E-state index is 0.158. The Balaban J connectivity index is 2.34. The molecule has 0 radical (unpaired) electrons. The number of hydrogen-bond acceptors (Lipinski definition) is 3. The maximum atomic E-state index is 12.3. The van der Waals surface area contributed by atoms with Crippen molar-refractivity contribution >= 4 is 23.6 Å². The molecule has 0 fully saturated rings. The summed E-state index contributed by atoms with van der Waals surface area (Å²) in [5.74, 6) is 0. The molecule has 3 rings (SSSR count). The first kappa shape index (κ1) is 13.0. The zero-order chi connectivity index (χ0) is 14.1. The van der Waals surface area contributed by atoms with E-state index >= 15 is 0 Å². The van der Waals surface area contributed by atoms with Gasteiger partial charge in [-0.25, -0.2) is 0 Å². The monoisotopic (exact) mass is 300 g/mol. The number of rotatable bonds is 2. The van der Waals surface area contributed by atoms with Gasteiger partial charge in [0.25, 0.3) is 5.56 Å². The first-order chi connectivity index (χ1) is 9.65.